The summed E-state index contributed by atoms with van der Waals surface area (Å²) >= 11 is 6.16. The molecular formula is C21H23ClN2O2. The van der Waals surface area contributed by atoms with Gasteiger partial charge in [0.05, 0.1) is 11.6 Å². The van der Waals surface area contributed by atoms with Crippen LogP contribution in [0.5, 0.6) is 0 Å². The van der Waals surface area contributed by atoms with Crippen LogP contribution in [0.4, 0.5) is 0 Å². The third-order valence-electron chi connectivity index (χ3n) is 4.35. The third-order valence-corrected chi connectivity index (χ3v) is 4.59. The van der Waals surface area contributed by atoms with E-state index in [9.17, 15) is 9.90 Å². The Hall–Kier alpha value is -2.14. The first kappa shape index (κ1) is 18.6. The quantitative estimate of drug-likeness (QED) is 0.670. The monoisotopic (exact) mass is 370 g/mol. The van der Waals surface area contributed by atoms with E-state index in [-0.39, 0.29) is 5.56 Å². The number of aryl methyl sites for hydroxylation is 2. The maximum atomic E-state index is 13.0. The Labute approximate surface area is 158 Å². The molecule has 3 aromatic rings. The second-order valence-corrected chi connectivity index (χ2v) is 6.98. The molecule has 0 spiro atoms. The molecule has 0 saturated heterocycles. The molecule has 1 atom stereocenters. The van der Waals surface area contributed by atoms with Crippen LogP contribution in [0.25, 0.3) is 10.9 Å². The Balaban J connectivity index is 1.95. The first-order valence-electron chi connectivity index (χ1n) is 8.79. The van der Waals surface area contributed by atoms with Crippen LogP contribution in [-0.2, 0) is 19.5 Å². The van der Waals surface area contributed by atoms with E-state index in [1.54, 1.807) is 11.5 Å². The summed E-state index contributed by atoms with van der Waals surface area (Å²) in [6, 6.07) is 17.6. The van der Waals surface area contributed by atoms with E-state index in [1.807, 2.05) is 42.5 Å². The van der Waals surface area contributed by atoms with Crippen molar-refractivity contribution in [2.24, 2.45) is 0 Å². The molecule has 0 amide bonds. The van der Waals surface area contributed by atoms with Gasteiger partial charge in [0, 0.05) is 30.2 Å². The van der Waals surface area contributed by atoms with Crippen LogP contribution in [0.2, 0.25) is 5.02 Å². The van der Waals surface area contributed by atoms with Crippen LogP contribution in [0, 0.1) is 0 Å². The fourth-order valence-electron chi connectivity index (χ4n) is 3.05. The van der Waals surface area contributed by atoms with Gasteiger partial charge in [-0.05, 0) is 42.5 Å². The van der Waals surface area contributed by atoms with Gasteiger partial charge in [-0.1, -0.05) is 48.0 Å². The lowest BCUT2D eigenvalue weighted by molar-refractivity contribution is 0.191. The van der Waals surface area contributed by atoms with Crippen LogP contribution >= 0.6 is 11.6 Å². The van der Waals surface area contributed by atoms with Crippen LogP contribution < -0.4 is 10.9 Å². The molecule has 2 N–H and O–H groups in total. The van der Waals surface area contributed by atoms with E-state index >= 15 is 0 Å². The number of fused-ring (bicyclic) bond motifs is 1. The molecule has 1 aromatic heterocycles. The third kappa shape index (κ3) is 4.52. The summed E-state index contributed by atoms with van der Waals surface area (Å²) in [5.74, 6) is 0. The smallest absolute Gasteiger partial charge is 0.255 e. The molecule has 0 aliphatic rings. The molecule has 1 unspecified atom stereocenters. The number of aliphatic hydroxyl groups is 1. The van der Waals surface area contributed by atoms with Gasteiger partial charge in [0.25, 0.3) is 5.56 Å². The number of aromatic nitrogens is 1. The summed E-state index contributed by atoms with van der Waals surface area (Å²) < 4.78 is 1.80. The topological polar surface area (TPSA) is 54.3 Å². The van der Waals surface area contributed by atoms with Gasteiger partial charge in [0.1, 0.15) is 0 Å². The van der Waals surface area contributed by atoms with Gasteiger partial charge in [0.2, 0.25) is 0 Å². The van der Waals surface area contributed by atoms with Crippen molar-refractivity contribution in [1.29, 1.82) is 0 Å². The lowest BCUT2D eigenvalue weighted by Crippen LogP contribution is -2.30. The van der Waals surface area contributed by atoms with Crippen molar-refractivity contribution in [3.8, 4) is 0 Å². The lowest BCUT2D eigenvalue weighted by Gasteiger charge is -2.14. The van der Waals surface area contributed by atoms with Crippen LogP contribution in [0.15, 0.2) is 59.4 Å². The number of hydrogen-bond acceptors (Lipinski definition) is 3. The molecule has 136 valence electrons. The number of benzene rings is 2. The fourth-order valence-corrected chi connectivity index (χ4v) is 3.22. The van der Waals surface area contributed by atoms with Gasteiger partial charge >= 0.3 is 0 Å². The molecule has 0 fully saturated rings. The van der Waals surface area contributed by atoms with E-state index in [0.717, 1.165) is 17.3 Å². The maximum Gasteiger partial charge on any atom is 0.255 e. The Bertz CT molecular complexity index is 936. The molecule has 0 aliphatic carbocycles. The summed E-state index contributed by atoms with van der Waals surface area (Å²) in [6.07, 6.45) is 0.321. The van der Waals surface area contributed by atoms with Crippen LogP contribution in [-0.4, -0.2) is 22.3 Å². The van der Waals surface area contributed by atoms with Gasteiger partial charge in [-0.15, -0.1) is 0 Å². The lowest BCUT2D eigenvalue weighted by atomic mass is 10.1. The summed E-state index contributed by atoms with van der Waals surface area (Å²) in [4.78, 5) is 13.0. The fraction of sp³-hybridized carbons (Fsp3) is 0.286. The Morgan fingerprint density at radius 3 is 2.65 bits per heavy atom. The van der Waals surface area contributed by atoms with E-state index in [0.29, 0.717) is 30.2 Å². The SMILES string of the molecule is CC(O)CNCc1cc2ccc(Cl)cc2n(CCc2ccccc2)c1=O. The molecule has 5 heteroatoms. The van der Waals surface area contributed by atoms with Gasteiger partial charge in [-0.3, -0.25) is 4.79 Å². The van der Waals surface area contributed by atoms with Crippen molar-refractivity contribution in [2.75, 3.05) is 6.54 Å². The summed E-state index contributed by atoms with van der Waals surface area (Å²) in [7, 11) is 0. The highest BCUT2D eigenvalue weighted by Gasteiger charge is 2.10. The van der Waals surface area contributed by atoms with Gasteiger partial charge in [-0.25, -0.2) is 0 Å². The van der Waals surface area contributed by atoms with Crippen molar-refractivity contribution in [3.63, 3.8) is 0 Å². The van der Waals surface area contributed by atoms with Crippen molar-refractivity contribution >= 4 is 22.5 Å². The normalized spacial score (nSPS) is 12.4. The molecule has 1 heterocycles. The molecule has 0 bridgehead atoms. The highest BCUT2D eigenvalue weighted by Crippen LogP contribution is 2.19. The second kappa shape index (κ2) is 8.49. The number of halogens is 1. The van der Waals surface area contributed by atoms with Gasteiger partial charge in [-0.2, -0.15) is 0 Å². The van der Waals surface area contributed by atoms with Gasteiger partial charge in [0.15, 0.2) is 0 Å². The molecule has 4 nitrogen and oxygen atoms in total. The van der Waals surface area contributed by atoms with E-state index in [1.165, 1.54) is 5.56 Å². The molecule has 2 aromatic carbocycles. The summed E-state index contributed by atoms with van der Waals surface area (Å²) in [5, 5.41) is 14.1. The minimum absolute atomic E-state index is 0.0196. The Morgan fingerprint density at radius 1 is 1.15 bits per heavy atom. The molecule has 26 heavy (non-hydrogen) atoms. The van der Waals surface area contributed by atoms with Gasteiger partial charge < -0.3 is 15.0 Å². The zero-order chi connectivity index (χ0) is 18.5. The van der Waals surface area contributed by atoms with Crippen LogP contribution in [0.3, 0.4) is 0 Å². The van der Waals surface area contributed by atoms with E-state index in [2.05, 4.69) is 17.4 Å². The van der Waals surface area contributed by atoms with Crippen molar-refractivity contribution in [3.05, 3.63) is 81.1 Å². The zero-order valence-electron chi connectivity index (χ0n) is 14.8. The predicted molar refractivity (Wildman–Crippen MR) is 107 cm³/mol. The van der Waals surface area contributed by atoms with Crippen molar-refractivity contribution in [2.45, 2.75) is 32.5 Å². The van der Waals surface area contributed by atoms with Crippen LogP contribution in [0.1, 0.15) is 18.1 Å². The standard InChI is InChI=1S/C21H23ClN2O2/c1-15(25)13-23-14-18-11-17-7-8-19(22)12-20(17)24(21(18)26)10-9-16-5-3-2-4-6-16/h2-8,11-12,15,23,25H,9-10,13-14H2,1H3. The number of aliphatic hydroxyl groups excluding tert-OH is 1. The average Bonchev–Trinajstić information content (AvgIpc) is 2.62. The minimum Gasteiger partial charge on any atom is -0.392 e. The molecule has 0 saturated carbocycles. The van der Waals surface area contributed by atoms with E-state index < -0.39 is 6.10 Å². The first-order chi connectivity index (χ1) is 12.5. The predicted octanol–water partition coefficient (Wildman–Crippen LogP) is 3.37. The Kier molecular flexibility index (Phi) is 6.09. The largest absolute Gasteiger partial charge is 0.392 e. The number of rotatable bonds is 7. The van der Waals surface area contributed by atoms with Crippen molar-refractivity contribution in [1.82, 2.24) is 9.88 Å². The summed E-state index contributed by atoms with van der Waals surface area (Å²) in [6.45, 7) is 3.17. The molecule has 3 rings (SSSR count). The van der Waals surface area contributed by atoms with E-state index in [4.69, 9.17) is 11.6 Å². The minimum atomic E-state index is -0.449. The second-order valence-electron chi connectivity index (χ2n) is 6.55. The highest BCUT2D eigenvalue weighted by atomic mass is 35.5. The number of nitrogens with one attached hydrogen (secondary N) is 1. The molecular weight excluding hydrogens is 348 g/mol. The average molecular weight is 371 g/mol. The molecule has 0 aliphatic heterocycles. The Morgan fingerprint density at radius 2 is 1.92 bits per heavy atom. The summed E-state index contributed by atoms with van der Waals surface area (Å²) in [5.41, 5.74) is 2.70. The first-order valence-corrected chi connectivity index (χ1v) is 9.17. The number of pyridine rings is 1. The highest BCUT2D eigenvalue weighted by molar-refractivity contribution is 6.31. The number of hydrogen-bond donors (Lipinski definition) is 2. The maximum absolute atomic E-state index is 13.0. The zero-order valence-corrected chi connectivity index (χ0v) is 15.5. The molecule has 0 radical (unpaired) electrons. The van der Waals surface area contributed by atoms with Crippen molar-refractivity contribution < 1.29 is 5.11 Å². The number of nitrogens with zero attached hydrogens (tertiary/aromatic N) is 1.